The molecule has 1 aromatic carbocycles. The summed E-state index contributed by atoms with van der Waals surface area (Å²) in [6.07, 6.45) is 0. The molecule has 0 bridgehead atoms. The van der Waals surface area contributed by atoms with E-state index in [1.165, 1.54) is 13.2 Å². The van der Waals surface area contributed by atoms with Crippen molar-refractivity contribution in [1.29, 1.82) is 0 Å². The molecule has 0 radical (unpaired) electrons. The third-order valence-electron chi connectivity index (χ3n) is 2.87. The predicted octanol–water partition coefficient (Wildman–Crippen LogP) is 1.90. The number of carbonyl (C=O) groups excluding carboxylic acids is 1. The van der Waals surface area contributed by atoms with Crippen LogP contribution < -0.4 is 9.46 Å². The highest BCUT2D eigenvalue weighted by atomic mass is 32.2. The largest absolute Gasteiger partial charge is 0.495 e. The second-order valence-corrected chi connectivity index (χ2v) is 7.39. The first-order valence-corrected chi connectivity index (χ1v) is 7.74. The van der Waals surface area contributed by atoms with Crippen LogP contribution in [0.4, 0.5) is 0 Å². The molecule has 0 atom stereocenters. The Morgan fingerprint density at radius 3 is 2.40 bits per heavy atom. The van der Waals surface area contributed by atoms with Crippen molar-refractivity contribution in [2.24, 2.45) is 5.41 Å². The van der Waals surface area contributed by atoms with Crippen LogP contribution in [0.3, 0.4) is 0 Å². The number of benzene rings is 1. The summed E-state index contributed by atoms with van der Waals surface area (Å²) in [7, 11) is -2.37. The number of ether oxygens (including phenoxy) is 1. The molecule has 0 aliphatic heterocycles. The zero-order valence-corrected chi connectivity index (χ0v) is 13.3. The fourth-order valence-electron chi connectivity index (χ4n) is 1.50. The summed E-state index contributed by atoms with van der Waals surface area (Å²) in [6.45, 7) is 6.80. The fraction of sp³-hybridized carbons (Fsp3) is 0.500. The van der Waals surface area contributed by atoms with Crippen molar-refractivity contribution in [3.05, 3.63) is 23.8 Å². The normalized spacial score (nSPS) is 12.2. The Labute approximate surface area is 120 Å². The van der Waals surface area contributed by atoms with Gasteiger partial charge in [-0.3, -0.25) is 4.79 Å². The molecular weight excluding hydrogens is 278 g/mol. The summed E-state index contributed by atoms with van der Waals surface area (Å²) in [4.78, 5) is 11.8. The molecule has 20 heavy (non-hydrogen) atoms. The highest BCUT2D eigenvalue weighted by Crippen LogP contribution is 2.24. The fourth-order valence-corrected chi connectivity index (χ4v) is 2.73. The van der Waals surface area contributed by atoms with Crippen molar-refractivity contribution in [1.82, 2.24) is 4.72 Å². The number of Topliss-reactive ketones (excluding diaryl/α,β-unsaturated/α-hetero) is 1. The van der Waals surface area contributed by atoms with Gasteiger partial charge < -0.3 is 4.74 Å². The van der Waals surface area contributed by atoms with Crippen LogP contribution in [-0.4, -0.2) is 27.9 Å². The molecule has 1 N–H and O–H groups in total. The maximum Gasteiger partial charge on any atom is 0.244 e. The zero-order valence-electron chi connectivity index (χ0n) is 12.5. The van der Waals surface area contributed by atoms with Crippen molar-refractivity contribution in [2.75, 3.05) is 13.7 Å². The van der Waals surface area contributed by atoms with Gasteiger partial charge in [-0.1, -0.05) is 26.8 Å². The minimum atomic E-state index is -3.78. The number of rotatable bonds is 5. The van der Waals surface area contributed by atoms with Crippen molar-refractivity contribution in [2.45, 2.75) is 32.6 Å². The lowest BCUT2D eigenvalue weighted by atomic mass is 9.91. The maximum absolute atomic E-state index is 12.3. The second kappa shape index (κ2) is 5.93. The third-order valence-corrected chi connectivity index (χ3v) is 4.29. The molecule has 1 rings (SSSR count). The van der Waals surface area contributed by atoms with E-state index in [0.29, 0.717) is 0 Å². The van der Waals surface area contributed by atoms with Crippen molar-refractivity contribution < 1.29 is 17.9 Å². The first kappa shape index (κ1) is 16.7. The first-order valence-electron chi connectivity index (χ1n) is 6.25. The van der Waals surface area contributed by atoms with E-state index in [2.05, 4.69) is 4.72 Å². The van der Waals surface area contributed by atoms with E-state index in [0.717, 1.165) is 5.56 Å². The molecule has 112 valence electrons. The number of nitrogens with one attached hydrogen (secondary N) is 1. The van der Waals surface area contributed by atoms with Crippen LogP contribution in [0, 0.1) is 12.3 Å². The van der Waals surface area contributed by atoms with Crippen LogP contribution >= 0.6 is 0 Å². The van der Waals surface area contributed by atoms with Crippen LogP contribution in [-0.2, 0) is 14.8 Å². The number of sulfonamides is 1. The van der Waals surface area contributed by atoms with Gasteiger partial charge in [0.25, 0.3) is 0 Å². The lowest BCUT2D eigenvalue weighted by molar-refractivity contribution is -0.125. The van der Waals surface area contributed by atoms with E-state index < -0.39 is 15.4 Å². The monoisotopic (exact) mass is 299 g/mol. The molecule has 0 aromatic heterocycles. The SMILES string of the molecule is COc1ccc(C)cc1S(=O)(=O)NCC(=O)C(C)(C)C. The van der Waals surface area contributed by atoms with Gasteiger partial charge in [0.2, 0.25) is 10.0 Å². The van der Waals surface area contributed by atoms with E-state index in [1.807, 2.05) is 0 Å². The Morgan fingerprint density at radius 2 is 1.90 bits per heavy atom. The molecule has 0 aliphatic carbocycles. The molecular formula is C14H21NO4S. The Morgan fingerprint density at radius 1 is 1.30 bits per heavy atom. The average Bonchev–Trinajstić information content (AvgIpc) is 2.34. The quantitative estimate of drug-likeness (QED) is 0.901. The van der Waals surface area contributed by atoms with E-state index >= 15 is 0 Å². The molecule has 0 heterocycles. The molecule has 1 aromatic rings. The standard InChI is InChI=1S/C14H21NO4S/c1-10-6-7-11(19-5)12(8-10)20(17,18)15-9-13(16)14(2,3)4/h6-8,15H,9H2,1-5H3. The van der Waals surface area contributed by atoms with Gasteiger partial charge in [0, 0.05) is 5.41 Å². The number of methoxy groups -OCH3 is 1. The van der Waals surface area contributed by atoms with Crippen LogP contribution in [0.25, 0.3) is 0 Å². The van der Waals surface area contributed by atoms with Gasteiger partial charge in [-0.15, -0.1) is 0 Å². The molecule has 6 heteroatoms. The maximum atomic E-state index is 12.3. The zero-order chi connectivity index (χ0) is 15.6. The molecule has 0 aliphatic rings. The summed E-state index contributed by atoms with van der Waals surface area (Å²) < 4.78 is 31.9. The summed E-state index contributed by atoms with van der Waals surface area (Å²) in [5, 5.41) is 0. The van der Waals surface area contributed by atoms with Gasteiger partial charge >= 0.3 is 0 Å². The first-order chi connectivity index (χ1) is 9.08. The van der Waals surface area contributed by atoms with E-state index in [4.69, 9.17) is 4.74 Å². The van der Waals surface area contributed by atoms with Crippen LogP contribution in [0.15, 0.2) is 23.1 Å². The number of hydrogen-bond donors (Lipinski definition) is 1. The highest BCUT2D eigenvalue weighted by Gasteiger charge is 2.25. The molecule has 0 saturated heterocycles. The summed E-state index contributed by atoms with van der Waals surface area (Å²) >= 11 is 0. The van der Waals surface area contributed by atoms with Gasteiger partial charge in [0.1, 0.15) is 10.6 Å². The minimum Gasteiger partial charge on any atom is -0.495 e. The van der Waals surface area contributed by atoms with Crippen molar-refractivity contribution in [3.63, 3.8) is 0 Å². The molecule has 0 saturated carbocycles. The minimum absolute atomic E-state index is 0.0432. The molecule has 0 unspecified atom stereocenters. The number of aryl methyl sites for hydroxylation is 1. The van der Waals surface area contributed by atoms with Crippen molar-refractivity contribution >= 4 is 15.8 Å². The summed E-state index contributed by atoms with van der Waals surface area (Å²) in [6, 6.07) is 4.87. The topological polar surface area (TPSA) is 72.5 Å². The van der Waals surface area contributed by atoms with Gasteiger partial charge in [-0.2, -0.15) is 0 Å². The average molecular weight is 299 g/mol. The Hall–Kier alpha value is -1.40. The molecule has 0 fully saturated rings. The predicted molar refractivity (Wildman–Crippen MR) is 77.4 cm³/mol. The molecule has 0 amide bonds. The summed E-state index contributed by atoms with van der Waals surface area (Å²) in [5.41, 5.74) is 0.215. The van der Waals surface area contributed by atoms with E-state index in [9.17, 15) is 13.2 Å². The van der Waals surface area contributed by atoms with Crippen LogP contribution in [0.5, 0.6) is 5.75 Å². The van der Waals surface area contributed by atoms with Gasteiger partial charge in [0.05, 0.1) is 13.7 Å². The lowest BCUT2D eigenvalue weighted by Crippen LogP contribution is -2.35. The van der Waals surface area contributed by atoms with Crippen molar-refractivity contribution in [3.8, 4) is 5.75 Å². The van der Waals surface area contributed by atoms with E-state index in [-0.39, 0.29) is 23.0 Å². The van der Waals surface area contributed by atoms with Gasteiger partial charge in [-0.25, -0.2) is 13.1 Å². The smallest absolute Gasteiger partial charge is 0.244 e. The second-order valence-electron chi connectivity index (χ2n) is 5.65. The summed E-state index contributed by atoms with van der Waals surface area (Å²) in [5.74, 6) is 0.0824. The third kappa shape index (κ3) is 4.05. The highest BCUT2D eigenvalue weighted by molar-refractivity contribution is 7.89. The Bertz CT molecular complexity index is 600. The van der Waals surface area contributed by atoms with Crippen LogP contribution in [0.1, 0.15) is 26.3 Å². The van der Waals surface area contributed by atoms with Crippen LogP contribution in [0.2, 0.25) is 0 Å². The van der Waals surface area contributed by atoms with Gasteiger partial charge in [0.15, 0.2) is 5.78 Å². The molecule has 5 nitrogen and oxygen atoms in total. The molecule has 0 spiro atoms. The Kier molecular flexibility index (Phi) is 4.94. The van der Waals surface area contributed by atoms with Gasteiger partial charge in [-0.05, 0) is 24.6 Å². The van der Waals surface area contributed by atoms with E-state index in [1.54, 1.807) is 39.8 Å². The number of ketones is 1. The number of hydrogen-bond acceptors (Lipinski definition) is 4. The Balaban J connectivity index is 3.01. The number of carbonyl (C=O) groups is 1. The lowest BCUT2D eigenvalue weighted by Gasteiger charge is -2.17.